The third-order valence-corrected chi connectivity index (χ3v) is 3.80. The Hall–Kier alpha value is -4.60. The predicted molar refractivity (Wildman–Crippen MR) is 108 cm³/mol. The van der Waals surface area contributed by atoms with E-state index in [0.717, 1.165) is 18.2 Å². The molecule has 0 spiro atoms. The smallest absolute Gasteiger partial charge is 0.277 e. The van der Waals surface area contributed by atoms with Crippen molar-refractivity contribution in [2.24, 2.45) is 5.10 Å². The maximum atomic E-state index is 12.2. The summed E-state index contributed by atoms with van der Waals surface area (Å²) in [4.78, 5) is 32.4. The monoisotopic (exact) mass is 406 g/mol. The van der Waals surface area contributed by atoms with Gasteiger partial charge in [0.2, 0.25) is 0 Å². The number of nitrogens with zero attached hydrogens (tertiary/aromatic N) is 3. The third kappa shape index (κ3) is 5.23. The summed E-state index contributed by atoms with van der Waals surface area (Å²) in [5.74, 6) is 0.396. The topological polar surface area (TPSA) is 137 Å². The molecule has 0 aliphatic heterocycles. The van der Waals surface area contributed by atoms with E-state index in [-0.39, 0.29) is 5.56 Å². The third-order valence-electron chi connectivity index (χ3n) is 3.80. The first-order valence-corrected chi connectivity index (χ1v) is 8.52. The van der Waals surface area contributed by atoms with Gasteiger partial charge in [0.1, 0.15) is 11.5 Å². The molecule has 10 heteroatoms. The van der Waals surface area contributed by atoms with Crippen molar-refractivity contribution in [2.45, 2.75) is 0 Å². The number of hydrazone groups is 1. The van der Waals surface area contributed by atoms with Crippen LogP contribution in [0.25, 0.3) is 0 Å². The Morgan fingerprint density at radius 3 is 2.13 bits per heavy atom. The Morgan fingerprint density at radius 1 is 0.867 bits per heavy atom. The lowest BCUT2D eigenvalue weighted by Crippen LogP contribution is -2.18. The van der Waals surface area contributed by atoms with Crippen molar-refractivity contribution in [3.8, 4) is 11.5 Å². The Kier molecular flexibility index (Phi) is 6.08. The molecule has 0 atom stereocenters. The van der Waals surface area contributed by atoms with Crippen LogP contribution in [0.5, 0.6) is 11.5 Å². The molecule has 1 N–H and O–H groups in total. The van der Waals surface area contributed by atoms with Gasteiger partial charge in [-0.1, -0.05) is 30.3 Å². The van der Waals surface area contributed by atoms with Crippen LogP contribution < -0.4 is 10.2 Å². The van der Waals surface area contributed by atoms with Gasteiger partial charge in [-0.3, -0.25) is 25.0 Å². The Morgan fingerprint density at radius 2 is 1.50 bits per heavy atom. The highest BCUT2D eigenvalue weighted by Crippen LogP contribution is 2.23. The predicted octanol–water partition coefficient (Wildman–Crippen LogP) is 4.06. The van der Waals surface area contributed by atoms with Crippen molar-refractivity contribution in [2.75, 3.05) is 0 Å². The normalized spacial score (nSPS) is 10.5. The molecule has 30 heavy (non-hydrogen) atoms. The Balaban J connectivity index is 1.71. The summed E-state index contributed by atoms with van der Waals surface area (Å²) >= 11 is 0. The van der Waals surface area contributed by atoms with Crippen LogP contribution in [0.15, 0.2) is 77.9 Å². The van der Waals surface area contributed by atoms with E-state index in [1.807, 2.05) is 18.2 Å². The van der Waals surface area contributed by atoms with E-state index in [4.69, 9.17) is 4.74 Å². The summed E-state index contributed by atoms with van der Waals surface area (Å²) in [7, 11) is 0. The Labute approximate surface area is 169 Å². The molecule has 0 aromatic heterocycles. The first-order chi connectivity index (χ1) is 14.4. The average molecular weight is 406 g/mol. The number of carbonyl (C=O) groups is 1. The molecule has 10 nitrogen and oxygen atoms in total. The second kappa shape index (κ2) is 9.06. The summed E-state index contributed by atoms with van der Waals surface area (Å²) in [5.41, 5.74) is 1.43. The second-order valence-electron chi connectivity index (χ2n) is 5.94. The maximum Gasteiger partial charge on any atom is 0.277 e. The number of carbonyl (C=O) groups excluding carboxylic acids is 1. The minimum Gasteiger partial charge on any atom is -0.457 e. The van der Waals surface area contributed by atoms with Crippen molar-refractivity contribution in [1.82, 2.24) is 5.43 Å². The number of benzene rings is 3. The van der Waals surface area contributed by atoms with Gasteiger partial charge in [-0.15, -0.1) is 0 Å². The number of non-ortho nitro benzene ring substituents is 2. The minimum atomic E-state index is -0.824. The van der Waals surface area contributed by atoms with E-state index in [1.54, 1.807) is 36.4 Å². The molecule has 0 heterocycles. The molecule has 1 amide bonds. The van der Waals surface area contributed by atoms with Gasteiger partial charge < -0.3 is 4.74 Å². The second-order valence-corrected chi connectivity index (χ2v) is 5.94. The number of ether oxygens (including phenoxy) is 1. The quantitative estimate of drug-likeness (QED) is 0.357. The zero-order valence-electron chi connectivity index (χ0n) is 15.3. The van der Waals surface area contributed by atoms with Crippen molar-refractivity contribution in [3.05, 3.63) is 104 Å². The van der Waals surface area contributed by atoms with Gasteiger partial charge in [0.05, 0.1) is 27.7 Å². The van der Waals surface area contributed by atoms with Crippen LogP contribution in [0.4, 0.5) is 11.4 Å². The summed E-state index contributed by atoms with van der Waals surface area (Å²) < 4.78 is 5.71. The van der Waals surface area contributed by atoms with Gasteiger partial charge in [0, 0.05) is 12.1 Å². The van der Waals surface area contributed by atoms with E-state index in [2.05, 4.69) is 10.5 Å². The van der Waals surface area contributed by atoms with Crippen LogP contribution in [0.2, 0.25) is 0 Å². The highest BCUT2D eigenvalue weighted by Gasteiger charge is 2.19. The molecule has 0 saturated carbocycles. The highest BCUT2D eigenvalue weighted by atomic mass is 16.6. The standard InChI is InChI=1S/C20H14N4O6/c25-20(15-10-16(23(26)27)12-17(11-15)24(28)29)22-21-13-14-5-4-8-19(9-14)30-18-6-2-1-3-7-18/h1-13H,(H,22,25)/b21-13-. The number of para-hydroxylation sites is 1. The van der Waals surface area contributed by atoms with E-state index < -0.39 is 27.1 Å². The largest absolute Gasteiger partial charge is 0.457 e. The Bertz CT molecular complexity index is 1100. The number of hydrogen-bond donors (Lipinski definition) is 1. The highest BCUT2D eigenvalue weighted by molar-refractivity contribution is 5.96. The minimum absolute atomic E-state index is 0.255. The van der Waals surface area contributed by atoms with Gasteiger partial charge in [-0.25, -0.2) is 5.43 Å². The molecular weight excluding hydrogens is 392 g/mol. The molecule has 0 aliphatic carbocycles. The molecule has 3 rings (SSSR count). The summed E-state index contributed by atoms with van der Waals surface area (Å²) in [6, 6.07) is 18.7. The van der Waals surface area contributed by atoms with E-state index >= 15 is 0 Å². The van der Waals surface area contributed by atoms with Gasteiger partial charge in [0.25, 0.3) is 17.3 Å². The van der Waals surface area contributed by atoms with Crippen molar-refractivity contribution >= 4 is 23.5 Å². The maximum absolute atomic E-state index is 12.2. The molecular formula is C20H14N4O6. The first-order valence-electron chi connectivity index (χ1n) is 8.52. The number of nitrogens with one attached hydrogen (secondary N) is 1. The fraction of sp³-hybridized carbons (Fsp3) is 0. The fourth-order valence-corrected chi connectivity index (χ4v) is 2.45. The van der Waals surface area contributed by atoms with Crippen molar-refractivity contribution < 1.29 is 19.4 Å². The molecule has 0 unspecified atom stereocenters. The van der Waals surface area contributed by atoms with Gasteiger partial charge in [-0.05, 0) is 29.8 Å². The average Bonchev–Trinajstić information content (AvgIpc) is 2.74. The first kappa shape index (κ1) is 20.1. The van der Waals surface area contributed by atoms with Crippen molar-refractivity contribution in [3.63, 3.8) is 0 Å². The molecule has 3 aromatic rings. The number of nitro benzene ring substituents is 2. The van der Waals surface area contributed by atoms with Gasteiger partial charge in [-0.2, -0.15) is 5.10 Å². The van der Waals surface area contributed by atoms with E-state index in [9.17, 15) is 25.0 Å². The SMILES string of the molecule is O=C(N/N=C\c1cccc(Oc2ccccc2)c1)c1cc([N+](=O)[O-])cc([N+](=O)[O-])c1. The van der Waals surface area contributed by atoms with Crippen LogP contribution in [0, 0.1) is 20.2 Å². The summed E-state index contributed by atoms with van der Waals surface area (Å²) in [5, 5.41) is 25.6. The lowest BCUT2D eigenvalue weighted by Gasteiger charge is -2.05. The van der Waals surface area contributed by atoms with Gasteiger partial charge in [0.15, 0.2) is 0 Å². The van der Waals surface area contributed by atoms with E-state index in [0.29, 0.717) is 17.1 Å². The molecule has 0 fully saturated rings. The molecule has 0 radical (unpaired) electrons. The molecule has 3 aromatic carbocycles. The van der Waals surface area contributed by atoms with Crippen LogP contribution in [-0.4, -0.2) is 22.0 Å². The number of amides is 1. The number of nitro groups is 2. The number of hydrogen-bond acceptors (Lipinski definition) is 7. The van der Waals surface area contributed by atoms with Crippen LogP contribution in [0.1, 0.15) is 15.9 Å². The fourth-order valence-electron chi connectivity index (χ4n) is 2.45. The lowest BCUT2D eigenvalue weighted by molar-refractivity contribution is -0.394. The summed E-state index contributed by atoms with van der Waals surface area (Å²) in [6.07, 6.45) is 1.35. The molecule has 0 saturated heterocycles. The van der Waals surface area contributed by atoms with Crippen molar-refractivity contribution in [1.29, 1.82) is 0 Å². The van der Waals surface area contributed by atoms with Gasteiger partial charge >= 0.3 is 0 Å². The molecule has 0 aliphatic rings. The zero-order chi connectivity index (χ0) is 21.5. The molecule has 150 valence electrons. The lowest BCUT2D eigenvalue weighted by atomic mass is 10.1. The van der Waals surface area contributed by atoms with Crippen LogP contribution in [-0.2, 0) is 0 Å². The molecule has 0 bridgehead atoms. The van der Waals surface area contributed by atoms with Crippen LogP contribution in [0.3, 0.4) is 0 Å². The summed E-state index contributed by atoms with van der Waals surface area (Å²) in [6.45, 7) is 0. The van der Waals surface area contributed by atoms with E-state index in [1.165, 1.54) is 6.21 Å². The number of rotatable bonds is 7. The zero-order valence-corrected chi connectivity index (χ0v) is 15.3. The van der Waals surface area contributed by atoms with Crippen LogP contribution >= 0.6 is 0 Å².